The highest BCUT2D eigenvalue weighted by Gasteiger charge is 2.76. The minimum Gasteiger partial charge on any atom is -0.390 e. The van der Waals surface area contributed by atoms with E-state index in [4.69, 9.17) is 0 Å². The second-order valence-corrected chi connectivity index (χ2v) is 9.36. The van der Waals surface area contributed by atoms with Crippen molar-refractivity contribution in [2.45, 2.75) is 63.0 Å². The van der Waals surface area contributed by atoms with Crippen molar-refractivity contribution in [3.63, 3.8) is 0 Å². The molecule has 0 spiro atoms. The molecule has 0 bridgehead atoms. The largest absolute Gasteiger partial charge is 0.390 e. The van der Waals surface area contributed by atoms with Crippen LogP contribution in [0, 0.1) is 22.7 Å². The summed E-state index contributed by atoms with van der Waals surface area (Å²) in [6.45, 7) is 2.33. The first-order chi connectivity index (χ1) is 13.0. The molecule has 4 aliphatic carbocycles. The molecular weight excluding hydrogens is 367 g/mol. The van der Waals surface area contributed by atoms with Crippen molar-refractivity contribution in [2.24, 2.45) is 22.7 Å². The number of ketones is 2. The number of hydrogen-bond donors (Lipinski definition) is 4. The molecule has 4 rings (SSSR count). The van der Waals surface area contributed by atoms with Gasteiger partial charge in [-0.1, -0.05) is 18.6 Å². The molecule has 4 N–H and O–H groups in total. The first-order valence-corrected chi connectivity index (χ1v) is 9.82. The van der Waals surface area contributed by atoms with Crippen LogP contribution in [0.5, 0.6) is 0 Å². The minimum atomic E-state index is -2.23. The lowest BCUT2D eigenvalue weighted by Crippen LogP contribution is -2.69. The van der Waals surface area contributed by atoms with Gasteiger partial charge < -0.3 is 20.4 Å². The monoisotopic (exact) mass is 394 g/mol. The Morgan fingerprint density at radius 3 is 2.57 bits per heavy atom. The van der Waals surface area contributed by atoms with Gasteiger partial charge in [0.05, 0.1) is 12.2 Å². The molecule has 6 nitrogen and oxygen atoms in total. The lowest BCUT2D eigenvalue weighted by molar-refractivity contribution is -0.222. The van der Waals surface area contributed by atoms with Crippen molar-refractivity contribution in [3.05, 3.63) is 23.8 Å². The molecule has 0 amide bonds. The smallest absolute Gasteiger partial charge is 0.192 e. The van der Waals surface area contributed by atoms with Crippen LogP contribution in [0.15, 0.2) is 23.8 Å². The summed E-state index contributed by atoms with van der Waals surface area (Å²) in [5, 5.41) is 42.1. The van der Waals surface area contributed by atoms with E-state index in [-0.39, 0.29) is 18.6 Å². The number of carbonyl (C=O) groups is 2. The van der Waals surface area contributed by atoms with Gasteiger partial charge in [-0.2, -0.15) is 0 Å². The molecule has 0 aromatic rings. The molecule has 28 heavy (non-hydrogen) atoms. The van der Waals surface area contributed by atoms with E-state index >= 15 is 4.39 Å². The molecule has 0 radical (unpaired) electrons. The van der Waals surface area contributed by atoms with E-state index < -0.39 is 58.5 Å². The molecule has 0 aliphatic heterocycles. The first-order valence-electron chi connectivity index (χ1n) is 9.82. The maximum Gasteiger partial charge on any atom is 0.192 e. The summed E-state index contributed by atoms with van der Waals surface area (Å²) < 4.78 is 16.8. The molecule has 3 fully saturated rings. The summed E-state index contributed by atoms with van der Waals surface area (Å²) in [7, 11) is 0. The van der Waals surface area contributed by atoms with Crippen LogP contribution in [-0.4, -0.2) is 62.1 Å². The van der Waals surface area contributed by atoms with Gasteiger partial charge in [0.25, 0.3) is 0 Å². The minimum absolute atomic E-state index is 0.0135. The van der Waals surface area contributed by atoms with Gasteiger partial charge in [0.1, 0.15) is 6.61 Å². The standard InChI is InChI=1S/C21H27FO6/c1-18-6-5-12(24)7-11(18)3-4-13-14-8-15(25)21(28,17(27)10-23)19(14,2)9-16(26)20(13,18)22/h5-7,13-16,23,25-26,28H,3-4,8-10H2,1-2H3/t13-,14-,15+,16-,18+,19+,20+,21+/m0/s1. The van der Waals surface area contributed by atoms with Crippen molar-refractivity contribution in [1.29, 1.82) is 0 Å². The van der Waals surface area contributed by atoms with E-state index in [1.807, 2.05) is 0 Å². The van der Waals surface area contributed by atoms with Gasteiger partial charge in [-0.3, -0.25) is 9.59 Å². The van der Waals surface area contributed by atoms with Crippen LogP contribution in [-0.2, 0) is 9.59 Å². The Hall–Kier alpha value is -1.41. The lowest BCUT2D eigenvalue weighted by atomic mass is 9.44. The summed E-state index contributed by atoms with van der Waals surface area (Å²) in [5.74, 6) is -2.38. The Morgan fingerprint density at radius 1 is 1.25 bits per heavy atom. The topological polar surface area (TPSA) is 115 Å². The first kappa shape index (κ1) is 19.9. The molecule has 154 valence electrons. The molecule has 7 heteroatoms. The second-order valence-electron chi connectivity index (χ2n) is 9.36. The maximum absolute atomic E-state index is 16.8. The van der Waals surface area contributed by atoms with Crippen LogP contribution in [0.3, 0.4) is 0 Å². The highest BCUT2D eigenvalue weighted by molar-refractivity contribution is 6.01. The van der Waals surface area contributed by atoms with Gasteiger partial charge in [-0.25, -0.2) is 4.39 Å². The number of halogens is 1. The summed E-state index contributed by atoms with van der Waals surface area (Å²) in [6.07, 6.45) is 1.93. The highest BCUT2D eigenvalue weighted by atomic mass is 19.1. The van der Waals surface area contributed by atoms with Crippen LogP contribution >= 0.6 is 0 Å². The number of aliphatic hydroxyl groups is 4. The molecule has 0 unspecified atom stereocenters. The summed E-state index contributed by atoms with van der Waals surface area (Å²) in [6, 6.07) is 0. The third kappa shape index (κ3) is 2.01. The zero-order chi connectivity index (χ0) is 20.7. The van der Waals surface area contributed by atoms with Crippen LogP contribution in [0.2, 0.25) is 0 Å². The van der Waals surface area contributed by atoms with Crippen molar-refractivity contribution in [2.75, 3.05) is 6.61 Å². The Labute approximate surface area is 162 Å². The van der Waals surface area contributed by atoms with Crippen molar-refractivity contribution < 1.29 is 34.4 Å². The average Bonchev–Trinajstić information content (AvgIpc) is 2.84. The van der Waals surface area contributed by atoms with E-state index in [2.05, 4.69) is 0 Å². The molecule has 4 aliphatic rings. The van der Waals surface area contributed by atoms with Crippen LogP contribution in [0.25, 0.3) is 0 Å². The average molecular weight is 394 g/mol. The summed E-state index contributed by atoms with van der Waals surface area (Å²) >= 11 is 0. The Kier molecular flexibility index (Phi) is 4.13. The van der Waals surface area contributed by atoms with Crippen molar-refractivity contribution >= 4 is 11.6 Å². The van der Waals surface area contributed by atoms with E-state index in [9.17, 15) is 30.0 Å². The molecule has 0 heterocycles. The second kappa shape index (κ2) is 5.81. The van der Waals surface area contributed by atoms with Crippen LogP contribution < -0.4 is 0 Å². The number of alkyl halides is 1. The number of rotatable bonds is 2. The number of aliphatic hydroxyl groups excluding tert-OH is 3. The van der Waals surface area contributed by atoms with Crippen molar-refractivity contribution in [1.82, 2.24) is 0 Å². The molecule has 3 saturated carbocycles. The highest BCUT2D eigenvalue weighted by Crippen LogP contribution is 2.69. The predicted molar refractivity (Wildman–Crippen MR) is 96.8 cm³/mol. The van der Waals surface area contributed by atoms with Gasteiger partial charge in [0.15, 0.2) is 22.8 Å². The Bertz CT molecular complexity index is 807. The zero-order valence-corrected chi connectivity index (χ0v) is 16.1. The fourth-order valence-electron chi connectivity index (χ4n) is 6.85. The third-order valence-electron chi connectivity index (χ3n) is 8.43. The fourth-order valence-corrected chi connectivity index (χ4v) is 6.85. The van der Waals surface area contributed by atoms with E-state index in [0.717, 1.165) is 0 Å². The number of Topliss-reactive ketones (excluding diaryl/α,β-unsaturated/α-hetero) is 1. The number of carbonyl (C=O) groups excluding carboxylic acids is 2. The Balaban J connectivity index is 1.84. The number of hydrogen-bond acceptors (Lipinski definition) is 6. The fraction of sp³-hybridized carbons (Fsp3) is 0.714. The third-order valence-corrected chi connectivity index (χ3v) is 8.43. The van der Waals surface area contributed by atoms with Crippen molar-refractivity contribution in [3.8, 4) is 0 Å². The van der Waals surface area contributed by atoms with Crippen LogP contribution in [0.1, 0.15) is 39.5 Å². The molecule has 0 aromatic carbocycles. The Morgan fingerprint density at radius 2 is 1.93 bits per heavy atom. The quantitative estimate of drug-likeness (QED) is 0.546. The van der Waals surface area contributed by atoms with E-state index in [0.29, 0.717) is 18.4 Å². The SMILES string of the molecule is C[C@@]12C=CC(=O)C=C1CC[C@H]1[C@@H]3C[C@@H](O)[C@@](O)(C(=O)CO)[C@]3(C)C[C@H](O)[C@]12F. The molecular formula is C21H27FO6. The maximum atomic E-state index is 16.8. The van der Waals surface area contributed by atoms with Gasteiger partial charge >= 0.3 is 0 Å². The van der Waals surface area contributed by atoms with Gasteiger partial charge in [-0.05, 0) is 50.7 Å². The predicted octanol–water partition coefficient (Wildman–Crippen LogP) is 0.620. The van der Waals surface area contributed by atoms with Gasteiger partial charge in [-0.15, -0.1) is 0 Å². The normalized spacial score (nSPS) is 52.5. The molecule has 8 atom stereocenters. The van der Waals surface area contributed by atoms with E-state index in [1.54, 1.807) is 13.8 Å². The molecule has 0 saturated heterocycles. The summed E-state index contributed by atoms with van der Waals surface area (Å²) in [5.41, 5.74) is -6.12. The summed E-state index contributed by atoms with van der Waals surface area (Å²) in [4.78, 5) is 24.2. The number of allylic oxidation sites excluding steroid dienone is 4. The zero-order valence-electron chi connectivity index (χ0n) is 16.1. The van der Waals surface area contributed by atoms with Crippen LogP contribution in [0.4, 0.5) is 4.39 Å². The lowest BCUT2D eigenvalue weighted by Gasteiger charge is -2.62. The van der Waals surface area contributed by atoms with Gasteiger partial charge in [0, 0.05) is 16.7 Å². The van der Waals surface area contributed by atoms with E-state index in [1.165, 1.54) is 18.2 Å². The van der Waals surface area contributed by atoms with Gasteiger partial charge in [0.2, 0.25) is 0 Å². The number of fused-ring (bicyclic) bond motifs is 5. The molecule has 0 aromatic heterocycles.